The molecule has 0 radical (unpaired) electrons. The Hall–Kier alpha value is -8.66. The second kappa shape index (κ2) is 38.0. The van der Waals surface area contributed by atoms with Gasteiger partial charge in [0.15, 0.2) is 22.5 Å². The van der Waals surface area contributed by atoms with Crippen LogP contribution in [0.2, 0.25) is 0 Å². The molecule has 4 rings (SSSR count). The van der Waals surface area contributed by atoms with Gasteiger partial charge in [0.2, 0.25) is 17.7 Å². The first-order chi connectivity index (χ1) is 42.7. The fourth-order valence-electron chi connectivity index (χ4n) is 9.89. The van der Waals surface area contributed by atoms with Gasteiger partial charge in [-0.2, -0.15) is 0 Å². The summed E-state index contributed by atoms with van der Waals surface area (Å²) in [6.45, 7) is -1.03. The number of aliphatic hydroxyl groups is 2. The quantitative estimate of drug-likeness (QED) is 0.0272. The molecule has 492 valence electrons. The largest absolute Gasteiger partial charge is 0.481 e. The fourth-order valence-corrected chi connectivity index (χ4v) is 10.1. The minimum Gasteiger partial charge on any atom is -0.481 e. The molecule has 0 bridgehead atoms. The number of benzene rings is 2. The number of thiocarbonyl (C=S) groups is 1. The normalized spacial score (nSPS) is 16.1. The van der Waals surface area contributed by atoms with E-state index in [1.165, 1.54) is 19.4 Å². The molecule has 3 aromatic rings. The highest BCUT2D eigenvalue weighted by Crippen LogP contribution is 2.20. The third-order valence-corrected chi connectivity index (χ3v) is 15.1. The summed E-state index contributed by atoms with van der Waals surface area (Å²) in [5, 5.41) is 90.6. The number of aliphatic hydroxyl groups excluding tert-OH is 2. The molecule has 1 unspecified atom stereocenters. The van der Waals surface area contributed by atoms with Gasteiger partial charge in [-0.3, -0.25) is 72.3 Å². The van der Waals surface area contributed by atoms with Crippen molar-refractivity contribution in [2.75, 3.05) is 97.1 Å². The van der Waals surface area contributed by atoms with Crippen LogP contribution in [0.15, 0.2) is 67.1 Å². The Kier molecular flexibility index (Phi) is 31.2. The molecular weight excluding hydrogens is 1200 g/mol. The number of amides is 3. The number of nitrogens with one attached hydrogen (secondary N) is 6. The molecule has 32 heteroatoms. The van der Waals surface area contributed by atoms with Crippen molar-refractivity contribution in [3.05, 3.63) is 83.9 Å². The number of carbonyl (C=O) groups excluding carboxylic acids is 6. The summed E-state index contributed by atoms with van der Waals surface area (Å²) in [4.78, 5) is 166. The van der Waals surface area contributed by atoms with E-state index in [0.717, 1.165) is 5.56 Å². The van der Waals surface area contributed by atoms with Crippen LogP contribution in [-0.2, 0) is 76.8 Å². The van der Waals surface area contributed by atoms with Crippen LogP contribution >= 0.6 is 12.2 Å². The van der Waals surface area contributed by atoms with E-state index in [1.807, 2.05) is 0 Å². The molecular formula is C58H79N11O20S. The van der Waals surface area contributed by atoms with Crippen molar-refractivity contribution in [1.82, 2.24) is 50.8 Å². The lowest BCUT2D eigenvalue weighted by Crippen LogP contribution is -2.51. The van der Waals surface area contributed by atoms with E-state index in [-0.39, 0.29) is 103 Å². The molecule has 1 aliphatic heterocycles. The number of aromatic nitrogens is 2. The Labute approximate surface area is 522 Å². The maximum absolute atomic E-state index is 13.9. The topological polar surface area (TPSA) is 468 Å². The number of carbonyl (C=O) groups is 12. The summed E-state index contributed by atoms with van der Waals surface area (Å²) in [5.41, 5.74) is 2.15. The minimum absolute atomic E-state index is 0.0350. The van der Waals surface area contributed by atoms with Crippen molar-refractivity contribution in [3.63, 3.8) is 0 Å². The van der Waals surface area contributed by atoms with Gasteiger partial charge in [0.25, 0.3) is 0 Å². The van der Waals surface area contributed by atoms with Crippen molar-refractivity contribution in [2.45, 2.75) is 82.5 Å². The second-order valence-electron chi connectivity index (χ2n) is 21.7. The predicted octanol–water partition coefficient (Wildman–Crippen LogP) is -2.21. The number of ketones is 3. The molecule has 90 heavy (non-hydrogen) atoms. The summed E-state index contributed by atoms with van der Waals surface area (Å²) in [7, 11) is 0. The van der Waals surface area contributed by atoms with Crippen LogP contribution in [0.5, 0.6) is 0 Å². The van der Waals surface area contributed by atoms with Crippen molar-refractivity contribution in [3.8, 4) is 0 Å². The van der Waals surface area contributed by atoms with E-state index in [9.17, 15) is 98.4 Å². The summed E-state index contributed by atoms with van der Waals surface area (Å²) < 4.78 is 0. The van der Waals surface area contributed by atoms with Crippen molar-refractivity contribution in [1.29, 1.82) is 0 Å². The number of hydrogen-bond acceptors (Lipinski definition) is 20. The number of aliphatic carboxylic acids is 6. The maximum atomic E-state index is 13.9. The van der Waals surface area contributed by atoms with Gasteiger partial charge in [0.1, 0.15) is 18.1 Å². The zero-order valence-corrected chi connectivity index (χ0v) is 50.4. The first kappa shape index (κ1) is 73.8. The van der Waals surface area contributed by atoms with Gasteiger partial charge in [-0.05, 0) is 61.7 Å². The highest BCUT2D eigenvalue weighted by molar-refractivity contribution is 7.80. The van der Waals surface area contributed by atoms with Gasteiger partial charge in [-0.25, -0.2) is 9.78 Å². The second-order valence-corrected chi connectivity index (χ2v) is 22.2. The summed E-state index contributed by atoms with van der Waals surface area (Å²) in [5.74, 6) is -16.4. The lowest BCUT2D eigenvalue weighted by atomic mass is 9.90. The monoisotopic (exact) mass is 1280 g/mol. The average molecular weight is 1280 g/mol. The van der Waals surface area contributed by atoms with Gasteiger partial charge in [-0.1, -0.05) is 42.5 Å². The van der Waals surface area contributed by atoms with E-state index in [2.05, 4.69) is 36.6 Å². The van der Waals surface area contributed by atoms with Crippen molar-refractivity contribution >= 4 is 93.9 Å². The van der Waals surface area contributed by atoms with Crippen LogP contribution in [0, 0.1) is 17.8 Å². The van der Waals surface area contributed by atoms with E-state index >= 15 is 0 Å². The van der Waals surface area contributed by atoms with Crippen LogP contribution in [-0.4, -0.2) is 262 Å². The summed E-state index contributed by atoms with van der Waals surface area (Å²) in [6.07, 6.45) is 0.233. The Morgan fingerprint density at radius 1 is 0.567 bits per heavy atom. The Morgan fingerprint density at radius 2 is 1.08 bits per heavy atom. The van der Waals surface area contributed by atoms with Gasteiger partial charge in [0.05, 0.1) is 70.0 Å². The van der Waals surface area contributed by atoms with Gasteiger partial charge >= 0.3 is 35.8 Å². The van der Waals surface area contributed by atoms with Crippen LogP contribution < -0.4 is 26.6 Å². The summed E-state index contributed by atoms with van der Waals surface area (Å²) >= 11 is 5.38. The molecule has 3 amide bonds. The summed E-state index contributed by atoms with van der Waals surface area (Å²) in [6, 6.07) is 9.38. The average Bonchev–Trinajstić information content (AvgIpc) is 1.56. The predicted molar refractivity (Wildman–Crippen MR) is 322 cm³/mol. The highest BCUT2D eigenvalue weighted by Gasteiger charge is 2.35. The number of Topliss-reactive ketones (excluding diaryl/α,β-unsaturated/α-hetero) is 3. The number of hydrogen-bond donors (Lipinski definition) is 14. The number of carboxylic acids is 6. The molecule has 0 spiro atoms. The Balaban J connectivity index is 1.34. The molecule has 1 aliphatic rings. The van der Waals surface area contributed by atoms with E-state index in [0.29, 0.717) is 16.9 Å². The SMILES string of the molecule is C[C@H](NC(=O)[C@H](CC(=O)O)CC(=O)CNC(=S)Nc1ccc(CCC(C(=O)O)N2CCN(CC(=O)O)CCN(CC(=O)O)CCN(CC(=O)O)CC2)cc1)C(=O)C[C@@H](Cc1cnc[nH]1)C(=O)N[C@@H](CO)C(=O)C[C@@H](Cc1ccccc1)C(=O)N[C@@H](CO)C(=O)O. The Morgan fingerprint density at radius 3 is 1.57 bits per heavy atom. The standard InChI is InChI=1S/C58H79N11O20S/c1-35(47(73)24-39(22-42-27-59-34-61-42)55(85)64-44(32-70)48(74)25-38(21-37-5-3-2-4-6-37)54(84)65-45(33-71)56(86)87)62-53(83)40(26-49(75)76)23-43(72)28-60-58(90)63-41-10-7-36(8-11-41)9-12-46(57(88)89)69-19-17-67(30-51(79)80)15-13-66(29-50(77)78)14-16-68(18-20-69)31-52(81)82/h2-8,10-11,27,34-35,38-40,44-46,70-71H,9,12-26,28-33H2,1H3,(H,59,61)(H,62,83)(H,64,85)(H,65,84)(H,75,76)(H,77,78)(H,79,80)(H,81,82)(H,86,87)(H,88,89)(H2,60,63,90)/t35-,38+,39+,40-,44-,45-,46?/m0/s1. The van der Waals surface area contributed by atoms with Crippen LogP contribution in [0.1, 0.15) is 55.8 Å². The fraction of sp³-hybridized carbons (Fsp3) is 0.517. The Bertz CT molecular complexity index is 2910. The number of aryl methyl sites for hydroxylation is 1. The van der Waals surface area contributed by atoms with E-state index < -0.39 is 158 Å². The van der Waals surface area contributed by atoms with Crippen LogP contribution in [0.4, 0.5) is 5.69 Å². The first-order valence-electron chi connectivity index (χ1n) is 28.8. The molecule has 31 nitrogen and oxygen atoms in total. The third-order valence-electron chi connectivity index (χ3n) is 14.8. The number of anilines is 1. The van der Waals surface area contributed by atoms with Crippen molar-refractivity contribution in [2.24, 2.45) is 17.8 Å². The number of imidazole rings is 1. The molecule has 0 saturated carbocycles. The number of carboxylic acid groups (broad SMARTS) is 6. The highest BCUT2D eigenvalue weighted by atomic mass is 32.1. The molecule has 14 N–H and O–H groups in total. The van der Waals surface area contributed by atoms with E-state index in [1.54, 1.807) is 74.2 Å². The zero-order chi connectivity index (χ0) is 66.5. The third kappa shape index (κ3) is 27.0. The maximum Gasteiger partial charge on any atom is 0.328 e. The lowest BCUT2D eigenvalue weighted by molar-refractivity contribution is -0.145. The molecule has 2 aromatic carbocycles. The van der Waals surface area contributed by atoms with E-state index in [4.69, 9.17) is 12.2 Å². The van der Waals surface area contributed by atoms with Crippen LogP contribution in [0.25, 0.3) is 0 Å². The molecule has 0 aliphatic carbocycles. The lowest BCUT2D eigenvalue weighted by Gasteiger charge is -2.35. The van der Waals surface area contributed by atoms with Gasteiger partial charge in [-0.15, -0.1) is 0 Å². The minimum atomic E-state index is -1.68. The number of H-pyrrole nitrogens is 1. The first-order valence-corrected chi connectivity index (χ1v) is 29.2. The molecule has 1 fully saturated rings. The zero-order valence-electron chi connectivity index (χ0n) is 49.6. The smallest absolute Gasteiger partial charge is 0.328 e. The number of rotatable bonds is 37. The molecule has 7 atom stereocenters. The van der Waals surface area contributed by atoms with Gasteiger partial charge in [0, 0.05) is 102 Å². The van der Waals surface area contributed by atoms with Crippen LogP contribution in [0.3, 0.4) is 0 Å². The number of nitrogens with zero attached hydrogens (tertiary/aromatic N) is 5. The number of aromatic amines is 1. The van der Waals surface area contributed by atoms with Gasteiger partial charge < -0.3 is 72.4 Å². The molecule has 1 saturated heterocycles. The molecule has 2 heterocycles. The van der Waals surface area contributed by atoms with Crippen molar-refractivity contribution < 1.29 is 98.4 Å². The molecule has 1 aromatic heterocycles.